The molecule has 2 aromatic carbocycles. The van der Waals surface area contributed by atoms with Gasteiger partial charge in [0.15, 0.2) is 0 Å². The van der Waals surface area contributed by atoms with Gasteiger partial charge in [0.25, 0.3) is 0 Å². The monoisotopic (exact) mass is 306 g/mol. The van der Waals surface area contributed by atoms with Crippen LogP contribution in [0.25, 0.3) is 0 Å². The number of benzene rings is 2. The van der Waals surface area contributed by atoms with E-state index < -0.39 is 6.10 Å². The van der Waals surface area contributed by atoms with Gasteiger partial charge in [-0.15, -0.1) is 0 Å². The molecule has 2 rings (SSSR count). The zero-order chi connectivity index (χ0) is 15.4. The van der Waals surface area contributed by atoms with Crippen LogP contribution >= 0.6 is 11.6 Å². The van der Waals surface area contributed by atoms with Crippen molar-refractivity contribution in [2.24, 2.45) is 0 Å². The second-order valence-corrected chi connectivity index (χ2v) is 5.33. The van der Waals surface area contributed by atoms with Gasteiger partial charge in [0.1, 0.15) is 11.5 Å². The molecular weight excluding hydrogens is 288 g/mol. The van der Waals surface area contributed by atoms with Crippen molar-refractivity contribution in [3.05, 3.63) is 58.1 Å². The van der Waals surface area contributed by atoms with Gasteiger partial charge < -0.3 is 14.6 Å². The van der Waals surface area contributed by atoms with Crippen LogP contribution in [0, 0.1) is 6.92 Å². The highest BCUT2D eigenvalue weighted by Gasteiger charge is 2.16. The highest BCUT2D eigenvalue weighted by Crippen LogP contribution is 2.32. The van der Waals surface area contributed by atoms with Crippen LogP contribution in [0.5, 0.6) is 11.5 Å². The van der Waals surface area contributed by atoms with Crippen molar-refractivity contribution in [1.82, 2.24) is 0 Å². The molecule has 0 spiro atoms. The fourth-order valence-corrected chi connectivity index (χ4v) is 2.54. The molecule has 0 heterocycles. The van der Waals surface area contributed by atoms with E-state index in [0.717, 1.165) is 16.7 Å². The summed E-state index contributed by atoms with van der Waals surface area (Å²) >= 11 is 6.22. The summed E-state index contributed by atoms with van der Waals surface area (Å²) in [6.45, 7) is 1.98. The Morgan fingerprint density at radius 1 is 1.10 bits per heavy atom. The Morgan fingerprint density at radius 3 is 2.48 bits per heavy atom. The van der Waals surface area contributed by atoms with Crippen LogP contribution in [0.4, 0.5) is 0 Å². The third kappa shape index (κ3) is 3.69. The number of halogens is 1. The Balaban J connectivity index is 2.25. The summed E-state index contributed by atoms with van der Waals surface area (Å²) < 4.78 is 10.5. The Kier molecular flexibility index (Phi) is 5.10. The Bertz CT molecular complexity index is 625. The van der Waals surface area contributed by atoms with E-state index in [9.17, 15) is 5.11 Å². The molecule has 0 radical (unpaired) electrons. The molecule has 3 nitrogen and oxygen atoms in total. The van der Waals surface area contributed by atoms with Crippen LogP contribution in [-0.2, 0) is 6.42 Å². The second kappa shape index (κ2) is 6.83. The molecule has 0 aromatic heterocycles. The number of ether oxygens (including phenoxy) is 2. The zero-order valence-corrected chi connectivity index (χ0v) is 13.1. The average molecular weight is 307 g/mol. The number of hydrogen-bond donors (Lipinski definition) is 1. The summed E-state index contributed by atoms with van der Waals surface area (Å²) in [7, 11) is 3.17. The van der Waals surface area contributed by atoms with Crippen molar-refractivity contribution in [3.63, 3.8) is 0 Å². The molecule has 0 aliphatic heterocycles. The molecule has 0 saturated heterocycles. The zero-order valence-electron chi connectivity index (χ0n) is 12.4. The lowest BCUT2D eigenvalue weighted by Gasteiger charge is -2.16. The van der Waals surface area contributed by atoms with Gasteiger partial charge in [-0.25, -0.2) is 0 Å². The number of rotatable bonds is 5. The van der Waals surface area contributed by atoms with Gasteiger partial charge in [-0.05, 0) is 36.2 Å². The summed E-state index contributed by atoms with van der Waals surface area (Å²) in [4.78, 5) is 0. The van der Waals surface area contributed by atoms with Gasteiger partial charge in [0.05, 0.1) is 20.3 Å². The van der Waals surface area contributed by atoms with Crippen molar-refractivity contribution >= 4 is 11.6 Å². The van der Waals surface area contributed by atoms with Crippen LogP contribution < -0.4 is 9.47 Å². The maximum Gasteiger partial charge on any atom is 0.128 e. The fourth-order valence-electron chi connectivity index (χ4n) is 2.23. The first-order chi connectivity index (χ1) is 10.0. The molecule has 0 bridgehead atoms. The molecule has 0 aliphatic rings. The highest BCUT2D eigenvalue weighted by atomic mass is 35.5. The number of aliphatic hydroxyl groups is 1. The first-order valence-electron chi connectivity index (χ1n) is 6.70. The molecular formula is C17H19ClO3. The van der Waals surface area contributed by atoms with Crippen LogP contribution in [0.15, 0.2) is 36.4 Å². The molecule has 1 N–H and O–H groups in total. The van der Waals surface area contributed by atoms with E-state index in [4.69, 9.17) is 21.1 Å². The Morgan fingerprint density at radius 2 is 1.86 bits per heavy atom. The van der Waals surface area contributed by atoms with E-state index in [1.165, 1.54) is 0 Å². The average Bonchev–Trinajstić information content (AvgIpc) is 2.49. The van der Waals surface area contributed by atoms with Crippen LogP contribution in [0.2, 0.25) is 5.02 Å². The number of aliphatic hydroxyl groups excluding tert-OH is 1. The summed E-state index contributed by atoms with van der Waals surface area (Å²) in [6, 6.07) is 11.2. The Hall–Kier alpha value is -1.71. The maximum atomic E-state index is 10.5. The quantitative estimate of drug-likeness (QED) is 0.909. The van der Waals surface area contributed by atoms with Crippen molar-refractivity contribution < 1.29 is 14.6 Å². The van der Waals surface area contributed by atoms with Gasteiger partial charge in [0, 0.05) is 23.1 Å². The summed E-state index contributed by atoms with van der Waals surface area (Å²) in [6.07, 6.45) is -0.256. The minimum Gasteiger partial charge on any atom is -0.497 e. The van der Waals surface area contributed by atoms with Crippen LogP contribution in [0.1, 0.15) is 22.8 Å². The number of aryl methyl sites for hydroxylation is 1. The first kappa shape index (κ1) is 15.7. The van der Waals surface area contributed by atoms with Crippen molar-refractivity contribution in [2.75, 3.05) is 14.2 Å². The van der Waals surface area contributed by atoms with Crippen molar-refractivity contribution in [2.45, 2.75) is 19.4 Å². The first-order valence-corrected chi connectivity index (χ1v) is 7.08. The normalized spacial score (nSPS) is 12.0. The lowest BCUT2D eigenvalue weighted by atomic mass is 9.99. The largest absolute Gasteiger partial charge is 0.497 e. The molecule has 4 heteroatoms. The van der Waals surface area contributed by atoms with E-state index in [1.54, 1.807) is 26.4 Å². The van der Waals surface area contributed by atoms with Crippen molar-refractivity contribution in [1.29, 1.82) is 0 Å². The summed E-state index contributed by atoms with van der Waals surface area (Å²) in [5, 5.41) is 11.1. The fraction of sp³-hybridized carbons (Fsp3) is 0.294. The predicted octanol–water partition coefficient (Wildman–Crippen LogP) is 3.94. The van der Waals surface area contributed by atoms with Gasteiger partial charge in [-0.3, -0.25) is 0 Å². The smallest absolute Gasteiger partial charge is 0.128 e. The molecule has 1 atom stereocenters. The standard InChI is InChI=1S/C17H19ClO3/c1-11-4-5-12(15(18)8-11)9-16(19)14-7-6-13(20-2)10-17(14)21-3/h4-8,10,16,19H,9H2,1-3H3. The van der Waals surface area contributed by atoms with E-state index in [2.05, 4.69) is 0 Å². The minimum absolute atomic E-state index is 0.432. The summed E-state index contributed by atoms with van der Waals surface area (Å²) in [5.74, 6) is 1.29. The minimum atomic E-state index is -0.689. The third-order valence-electron chi connectivity index (χ3n) is 3.42. The van der Waals surface area contributed by atoms with Crippen LogP contribution in [0.3, 0.4) is 0 Å². The molecule has 1 unspecified atom stereocenters. The van der Waals surface area contributed by atoms with Gasteiger partial charge >= 0.3 is 0 Å². The van der Waals surface area contributed by atoms with Gasteiger partial charge in [-0.2, -0.15) is 0 Å². The van der Waals surface area contributed by atoms with Gasteiger partial charge in [0.2, 0.25) is 0 Å². The topological polar surface area (TPSA) is 38.7 Å². The lowest BCUT2D eigenvalue weighted by Crippen LogP contribution is -2.05. The molecule has 112 valence electrons. The van der Waals surface area contributed by atoms with E-state index in [0.29, 0.717) is 22.9 Å². The van der Waals surface area contributed by atoms with Crippen molar-refractivity contribution in [3.8, 4) is 11.5 Å². The third-order valence-corrected chi connectivity index (χ3v) is 3.77. The van der Waals surface area contributed by atoms with E-state index in [-0.39, 0.29) is 0 Å². The second-order valence-electron chi connectivity index (χ2n) is 4.92. The number of methoxy groups -OCH3 is 2. The molecule has 21 heavy (non-hydrogen) atoms. The lowest BCUT2D eigenvalue weighted by molar-refractivity contribution is 0.174. The molecule has 0 aliphatic carbocycles. The van der Waals surface area contributed by atoms with Gasteiger partial charge in [-0.1, -0.05) is 23.7 Å². The van der Waals surface area contributed by atoms with E-state index >= 15 is 0 Å². The molecule has 2 aromatic rings. The predicted molar refractivity (Wildman–Crippen MR) is 84.4 cm³/mol. The molecule has 0 fully saturated rings. The maximum absolute atomic E-state index is 10.5. The van der Waals surface area contributed by atoms with Crippen LogP contribution in [-0.4, -0.2) is 19.3 Å². The van der Waals surface area contributed by atoms with E-state index in [1.807, 2.05) is 31.2 Å². The molecule has 0 amide bonds. The SMILES string of the molecule is COc1ccc(C(O)Cc2ccc(C)cc2Cl)c(OC)c1. The molecule has 0 saturated carbocycles. The summed E-state index contributed by atoms with van der Waals surface area (Å²) in [5.41, 5.74) is 2.72. The number of hydrogen-bond acceptors (Lipinski definition) is 3. The highest BCUT2D eigenvalue weighted by molar-refractivity contribution is 6.31. The Labute approximate surface area is 130 Å².